The number of alkyl halides is 2. The van der Waals surface area contributed by atoms with Gasteiger partial charge in [0.2, 0.25) is 17.6 Å². The van der Waals surface area contributed by atoms with Crippen LogP contribution >= 0.6 is 34.5 Å². The fraction of sp³-hybridized carbons (Fsp3) is 0.742. The normalized spacial score (nSPS) is 26.5. The number of carbonyl (C=O) groups excluding carboxylic acids is 5. The van der Waals surface area contributed by atoms with Crippen molar-refractivity contribution >= 4 is 64.1 Å². The number of piperidine rings is 1. The van der Waals surface area contributed by atoms with Crippen LogP contribution in [0.25, 0.3) is 0 Å². The molecule has 45 heavy (non-hydrogen) atoms. The number of rotatable bonds is 11. The van der Waals surface area contributed by atoms with Gasteiger partial charge in [0.25, 0.3) is 5.91 Å². The molecule has 5 atom stereocenters. The van der Waals surface area contributed by atoms with Crippen LogP contribution in [0.3, 0.4) is 0 Å². The van der Waals surface area contributed by atoms with Crippen molar-refractivity contribution in [1.82, 2.24) is 25.8 Å². The van der Waals surface area contributed by atoms with Crippen molar-refractivity contribution in [3.63, 3.8) is 0 Å². The monoisotopic (exact) mass is 682 g/mol. The summed E-state index contributed by atoms with van der Waals surface area (Å²) >= 11 is 14.6. The highest BCUT2D eigenvalue weighted by Crippen LogP contribution is 2.65. The van der Waals surface area contributed by atoms with E-state index in [1.165, 1.54) is 4.90 Å². The Bertz CT molecular complexity index is 1310. The second-order valence-corrected chi connectivity index (χ2v) is 16.8. The van der Waals surface area contributed by atoms with Gasteiger partial charge < -0.3 is 26.6 Å². The number of amides is 5. The molecule has 248 valence electrons. The van der Waals surface area contributed by atoms with E-state index in [4.69, 9.17) is 28.9 Å². The van der Waals surface area contributed by atoms with Crippen LogP contribution in [0.4, 0.5) is 4.79 Å². The van der Waals surface area contributed by atoms with Gasteiger partial charge in [-0.2, -0.15) is 0 Å². The van der Waals surface area contributed by atoms with E-state index in [2.05, 4.69) is 20.9 Å². The van der Waals surface area contributed by atoms with Gasteiger partial charge in [0.1, 0.15) is 16.4 Å². The lowest BCUT2D eigenvalue weighted by Crippen LogP contribution is -2.63. The Morgan fingerprint density at radius 3 is 2.33 bits per heavy atom. The Labute approximate surface area is 278 Å². The number of fused-ring (bicyclic) bond motifs is 1. The number of hydrogen-bond donors (Lipinski definition) is 4. The molecule has 4 fully saturated rings. The zero-order valence-electron chi connectivity index (χ0n) is 26.1. The molecule has 0 spiro atoms. The van der Waals surface area contributed by atoms with Crippen LogP contribution in [-0.2, 0) is 25.6 Å². The number of nitrogens with one attached hydrogen (secondary N) is 3. The van der Waals surface area contributed by atoms with Crippen LogP contribution in [0.2, 0.25) is 0 Å². The Balaban J connectivity index is 1.33. The third-order valence-electron chi connectivity index (χ3n) is 10.1. The lowest BCUT2D eigenvalue weighted by atomic mass is 9.79. The highest BCUT2D eigenvalue weighted by molar-refractivity contribution is 7.09. The van der Waals surface area contributed by atoms with E-state index in [1.54, 1.807) is 17.5 Å². The molecule has 3 saturated carbocycles. The molecule has 3 aliphatic carbocycles. The molecule has 1 unspecified atom stereocenters. The quantitative estimate of drug-likeness (QED) is 0.206. The summed E-state index contributed by atoms with van der Waals surface area (Å²) in [5.74, 6) is -3.76. The minimum absolute atomic E-state index is 0.121. The van der Waals surface area contributed by atoms with Crippen molar-refractivity contribution in [1.29, 1.82) is 0 Å². The number of primary amides is 1. The minimum Gasteiger partial charge on any atom is -0.363 e. The van der Waals surface area contributed by atoms with E-state index in [9.17, 15) is 24.0 Å². The van der Waals surface area contributed by atoms with Crippen molar-refractivity contribution in [2.45, 2.75) is 113 Å². The molecular formula is C31H44Cl2N6O5S. The maximum absolute atomic E-state index is 14.3. The average molecular weight is 684 g/mol. The fourth-order valence-corrected chi connectivity index (χ4v) is 8.87. The van der Waals surface area contributed by atoms with Gasteiger partial charge in [-0.1, -0.05) is 59.3 Å². The molecule has 0 aromatic carbocycles. The van der Waals surface area contributed by atoms with Gasteiger partial charge in [0, 0.05) is 41.9 Å². The molecule has 1 aromatic heterocycles. The third-order valence-corrected chi connectivity index (χ3v) is 11.9. The molecule has 1 aromatic rings. The smallest absolute Gasteiger partial charge is 0.315 e. The van der Waals surface area contributed by atoms with E-state index >= 15 is 0 Å². The predicted octanol–water partition coefficient (Wildman–Crippen LogP) is 3.46. The molecule has 0 bridgehead atoms. The average Bonchev–Trinajstić information content (AvgIpc) is 3.36. The zero-order chi connectivity index (χ0) is 32.7. The molecule has 1 saturated heterocycles. The summed E-state index contributed by atoms with van der Waals surface area (Å²) < 4.78 is -1.21. The molecular weight excluding hydrogens is 639 g/mol. The van der Waals surface area contributed by atoms with Gasteiger partial charge in [-0.3, -0.25) is 19.2 Å². The van der Waals surface area contributed by atoms with Crippen molar-refractivity contribution in [2.24, 2.45) is 28.9 Å². The summed E-state index contributed by atoms with van der Waals surface area (Å²) in [7, 11) is 0. The molecule has 5 N–H and O–H groups in total. The Morgan fingerprint density at radius 2 is 1.78 bits per heavy atom. The molecule has 11 nitrogen and oxygen atoms in total. The molecule has 5 rings (SSSR count). The second kappa shape index (κ2) is 13.0. The molecule has 14 heteroatoms. The van der Waals surface area contributed by atoms with Crippen molar-refractivity contribution < 1.29 is 24.0 Å². The van der Waals surface area contributed by atoms with Gasteiger partial charge in [0.05, 0.1) is 11.0 Å². The standard InChI is InChI=1S/C31H44Cl2N6O5S/c1-29(2,3)24(37-28(44)38-30(10-5-4-6-11-30)15-20-35-12-13-45-20)27(43)39-16-18-21(31(18,32)33)22(39)26(42)36-19(23(40)25(34)41)14-17-8-7-9-17/h12-13,17-19,21-22,24H,4-11,14-16H2,1-3H3,(H2,34,41)(H,36,42)(H2,37,38,44)/t18-,19?,21-,22-,24+/m0/s1. The number of ketones is 1. The first-order valence-electron chi connectivity index (χ1n) is 15.9. The number of Topliss-reactive ketones (excluding diaryl/α,β-unsaturated/α-hetero) is 1. The largest absolute Gasteiger partial charge is 0.363 e. The predicted molar refractivity (Wildman–Crippen MR) is 172 cm³/mol. The van der Waals surface area contributed by atoms with Gasteiger partial charge in [-0.15, -0.1) is 34.5 Å². The van der Waals surface area contributed by atoms with Gasteiger partial charge in [-0.05, 0) is 30.6 Å². The first kappa shape index (κ1) is 33.9. The first-order chi connectivity index (χ1) is 21.1. The maximum atomic E-state index is 14.3. The highest BCUT2D eigenvalue weighted by atomic mass is 35.5. The number of hydrogen-bond acceptors (Lipinski definition) is 7. The summed E-state index contributed by atoms with van der Waals surface area (Å²) in [4.78, 5) is 72.1. The van der Waals surface area contributed by atoms with Crippen LogP contribution < -0.4 is 21.7 Å². The Kier molecular flexibility index (Phi) is 9.79. The summed E-state index contributed by atoms with van der Waals surface area (Å²) in [6, 6.07) is -3.61. The molecule has 4 aliphatic rings. The highest BCUT2D eigenvalue weighted by Gasteiger charge is 2.74. The van der Waals surface area contributed by atoms with Crippen LogP contribution in [-0.4, -0.2) is 74.0 Å². The number of halogens is 2. The minimum atomic E-state index is -1.21. The van der Waals surface area contributed by atoms with Gasteiger partial charge in [0.15, 0.2) is 0 Å². The third kappa shape index (κ3) is 7.27. The number of carbonyl (C=O) groups is 5. The van der Waals surface area contributed by atoms with E-state index < -0.39 is 68.9 Å². The summed E-state index contributed by atoms with van der Waals surface area (Å²) in [5, 5.41) is 11.7. The lowest BCUT2D eigenvalue weighted by molar-refractivity contribution is -0.144. The Hall–Kier alpha value is -2.44. The van der Waals surface area contributed by atoms with Crippen LogP contribution in [0.1, 0.15) is 83.6 Å². The number of nitrogens with two attached hydrogens (primary N) is 1. The van der Waals surface area contributed by atoms with E-state index in [0.717, 1.165) is 56.4 Å². The topological polar surface area (TPSA) is 164 Å². The van der Waals surface area contributed by atoms with E-state index in [0.29, 0.717) is 12.8 Å². The van der Waals surface area contributed by atoms with Crippen LogP contribution in [0.5, 0.6) is 0 Å². The number of likely N-dealkylation sites (tertiary alicyclic amines) is 1. The number of nitrogens with zero attached hydrogens (tertiary/aromatic N) is 2. The van der Waals surface area contributed by atoms with Gasteiger partial charge >= 0.3 is 6.03 Å². The van der Waals surface area contributed by atoms with Crippen LogP contribution in [0, 0.1) is 23.2 Å². The fourth-order valence-electron chi connectivity index (χ4n) is 7.28. The molecule has 1 aliphatic heterocycles. The number of aromatic nitrogens is 1. The van der Waals surface area contributed by atoms with E-state index in [-0.39, 0.29) is 18.4 Å². The molecule has 0 radical (unpaired) electrons. The summed E-state index contributed by atoms with van der Waals surface area (Å²) in [5.41, 5.74) is 4.12. The zero-order valence-corrected chi connectivity index (χ0v) is 28.4. The first-order valence-corrected chi connectivity index (χ1v) is 17.6. The summed E-state index contributed by atoms with van der Waals surface area (Å²) in [6.07, 6.45) is 10.2. The lowest BCUT2D eigenvalue weighted by Gasteiger charge is -2.40. The molecule has 5 amide bonds. The maximum Gasteiger partial charge on any atom is 0.315 e. The molecule has 2 heterocycles. The summed E-state index contributed by atoms with van der Waals surface area (Å²) in [6.45, 7) is 5.67. The number of urea groups is 1. The van der Waals surface area contributed by atoms with Crippen LogP contribution in [0.15, 0.2) is 11.6 Å². The SMILES string of the molecule is CC(C)(C)[C@H](NC(=O)NC1(Cc2nccs2)CCCCC1)C(=O)N1C[C@H]2[C@@H]([C@H]1C(=O)NC(CC1CCC1)C(=O)C(N)=O)C2(Cl)Cl. The van der Waals surface area contributed by atoms with Crippen molar-refractivity contribution in [3.8, 4) is 0 Å². The van der Waals surface area contributed by atoms with Gasteiger partial charge in [-0.25, -0.2) is 9.78 Å². The van der Waals surface area contributed by atoms with Crippen molar-refractivity contribution in [2.75, 3.05) is 6.54 Å². The number of thiazole rings is 1. The van der Waals surface area contributed by atoms with Crippen molar-refractivity contribution in [3.05, 3.63) is 16.6 Å². The van der Waals surface area contributed by atoms with E-state index in [1.807, 2.05) is 26.2 Å². The Morgan fingerprint density at radius 1 is 1.09 bits per heavy atom. The second-order valence-electron chi connectivity index (χ2n) is 14.4.